The largest absolute Gasteiger partial charge is 0.320 e. The number of nitrogens with one attached hydrogen (secondary N) is 2. The van der Waals surface area contributed by atoms with Crippen molar-refractivity contribution in [1.82, 2.24) is 5.32 Å². The fourth-order valence-corrected chi connectivity index (χ4v) is 2.82. The van der Waals surface area contributed by atoms with E-state index in [4.69, 9.17) is 0 Å². The van der Waals surface area contributed by atoms with Crippen LogP contribution in [-0.2, 0) is 10.0 Å². The molecular weight excluding hydrogens is 255 g/mol. The van der Waals surface area contributed by atoms with Gasteiger partial charge in [0, 0.05) is 0 Å². The first kappa shape index (κ1) is 14.9. The summed E-state index contributed by atoms with van der Waals surface area (Å²) in [6, 6.07) is 4.46. The zero-order chi connectivity index (χ0) is 13.6. The summed E-state index contributed by atoms with van der Waals surface area (Å²) in [6.45, 7) is 2.44. The molecule has 2 N–H and O–H groups in total. The first-order chi connectivity index (χ1) is 8.46. The highest BCUT2D eigenvalue weighted by molar-refractivity contribution is 7.92. The number of para-hydroxylation sites is 1. The molecule has 0 radical (unpaired) electrons. The minimum absolute atomic E-state index is 0.00243. The minimum Gasteiger partial charge on any atom is -0.320 e. The van der Waals surface area contributed by atoms with Crippen LogP contribution in [0.2, 0.25) is 0 Å². The van der Waals surface area contributed by atoms with Gasteiger partial charge in [0.2, 0.25) is 10.0 Å². The molecule has 0 unspecified atom stereocenters. The molecule has 102 valence electrons. The van der Waals surface area contributed by atoms with Gasteiger partial charge in [0.25, 0.3) is 0 Å². The second-order valence-corrected chi connectivity index (χ2v) is 6.01. The molecule has 0 saturated heterocycles. The van der Waals surface area contributed by atoms with E-state index in [1.807, 2.05) is 7.05 Å². The van der Waals surface area contributed by atoms with E-state index < -0.39 is 15.8 Å². The Bertz CT molecular complexity index is 469. The molecule has 0 saturated carbocycles. The summed E-state index contributed by atoms with van der Waals surface area (Å²) >= 11 is 0. The van der Waals surface area contributed by atoms with Crippen LogP contribution in [0.1, 0.15) is 18.4 Å². The third-order valence-electron chi connectivity index (χ3n) is 2.57. The Morgan fingerprint density at radius 2 is 2.00 bits per heavy atom. The van der Waals surface area contributed by atoms with Crippen molar-refractivity contribution in [3.05, 3.63) is 29.6 Å². The van der Waals surface area contributed by atoms with Gasteiger partial charge >= 0.3 is 0 Å². The summed E-state index contributed by atoms with van der Waals surface area (Å²) in [5.41, 5.74) is 0.625. The van der Waals surface area contributed by atoms with E-state index in [2.05, 4.69) is 10.0 Å². The Hall–Kier alpha value is -1.14. The minimum atomic E-state index is -3.48. The Morgan fingerprint density at radius 3 is 2.61 bits per heavy atom. The zero-order valence-corrected chi connectivity index (χ0v) is 11.5. The maximum absolute atomic E-state index is 13.5. The van der Waals surface area contributed by atoms with E-state index in [0.29, 0.717) is 12.0 Å². The standard InChI is InChI=1S/C12H19FN2O2S/c1-10-6-5-7-11(13)12(10)15-18(16,17)9-4-3-8-14-2/h5-7,14-15H,3-4,8-9H2,1-2H3. The van der Waals surface area contributed by atoms with Crippen molar-refractivity contribution in [2.24, 2.45) is 0 Å². The second kappa shape index (κ2) is 6.70. The van der Waals surface area contributed by atoms with Crippen molar-refractivity contribution in [3.8, 4) is 0 Å². The molecule has 18 heavy (non-hydrogen) atoms. The van der Waals surface area contributed by atoms with Gasteiger partial charge in [0.15, 0.2) is 0 Å². The molecule has 0 spiro atoms. The van der Waals surface area contributed by atoms with Crippen molar-refractivity contribution in [2.75, 3.05) is 24.1 Å². The molecule has 0 bridgehead atoms. The van der Waals surface area contributed by atoms with E-state index >= 15 is 0 Å². The van der Waals surface area contributed by atoms with Crippen molar-refractivity contribution in [1.29, 1.82) is 0 Å². The lowest BCUT2D eigenvalue weighted by molar-refractivity contribution is 0.592. The van der Waals surface area contributed by atoms with Gasteiger partial charge in [0.05, 0.1) is 11.4 Å². The van der Waals surface area contributed by atoms with Gasteiger partial charge < -0.3 is 5.32 Å². The van der Waals surface area contributed by atoms with Crippen LogP contribution in [0, 0.1) is 12.7 Å². The molecule has 0 amide bonds. The Balaban J connectivity index is 2.65. The Morgan fingerprint density at radius 1 is 1.28 bits per heavy atom. The molecular formula is C12H19FN2O2S. The SMILES string of the molecule is CNCCCCS(=O)(=O)Nc1c(C)cccc1F. The monoisotopic (exact) mass is 274 g/mol. The van der Waals surface area contributed by atoms with Gasteiger partial charge in [-0.2, -0.15) is 0 Å². The van der Waals surface area contributed by atoms with E-state index in [1.165, 1.54) is 6.07 Å². The summed E-state index contributed by atoms with van der Waals surface area (Å²) in [5, 5.41) is 2.95. The van der Waals surface area contributed by atoms with Gasteiger partial charge in [-0.15, -0.1) is 0 Å². The lowest BCUT2D eigenvalue weighted by atomic mass is 10.2. The quantitative estimate of drug-likeness (QED) is 0.746. The number of sulfonamides is 1. The number of anilines is 1. The maximum atomic E-state index is 13.5. The maximum Gasteiger partial charge on any atom is 0.232 e. The highest BCUT2D eigenvalue weighted by Gasteiger charge is 2.14. The highest BCUT2D eigenvalue weighted by atomic mass is 32.2. The molecule has 1 aromatic rings. The zero-order valence-electron chi connectivity index (χ0n) is 10.7. The van der Waals surface area contributed by atoms with Gasteiger partial charge in [-0.1, -0.05) is 12.1 Å². The molecule has 0 aliphatic carbocycles. The lowest BCUT2D eigenvalue weighted by Gasteiger charge is -2.11. The van der Waals surface area contributed by atoms with Crippen LogP contribution >= 0.6 is 0 Å². The van der Waals surface area contributed by atoms with Crippen LogP contribution in [-0.4, -0.2) is 27.8 Å². The number of aryl methyl sites for hydroxylation is 1. The van der Waals surface area contributed by atoms with E-state index in [-0.39, 0.29) is 11.4 Å². The summed E-state index contributed by atoms with van der Waals surface area (Å²) in [6.07, 6.45) is 1.32. The van der Waals surface area contributed by atoms with E-state index in [1.54, 1.807) is 19.1 Å². The smallest absolute Gasteiger partial charge is 0.232 e. The molecule has 0 heterocycles. The molecule has 0 fully saturated rings. The third-order valence-corrected chi connectivity index (χ3v) is 3.91. The molecule has 1 rings (SSSR count). The average molecular weight is 274 g/mol. The Labute approximate surface area is 108 Å². The third kappa shape index (κ3) is 4.62. The first-order valence-electron chi connectivity index (χ1n) is 5.86. The van der Waals surface area contributed by atoms with Crippen LogP contribution in [0.3, 0.4) is 0 Å². The molecule has 4 nitrogen and oxygen atoms in total. The molecule has 0 aliphatic heterocycles. The predicted octanol–water partition coefficient (Wildman–Crippen LogP) is 1.88. The van der Waals surface area contributed by atoms with Crippen LogP contribution in [0.25, 0.3) is 0 Å². The number of unbranched alkanes of at least 4 members (excludes halogenated alkanes) is 1. The fourth-order valence-electron chi connectivity index (χ4n) is 1.56. The molecule has 0 atom stereocenters. The summed E-state index contributed by atoms with van der Waals surface area (Å²) in [5.74, 6) is -0.545. The number of halogens is 1. The van der Waals surface area contributed by atoms with Crippen LogP contribution < -0.4 is 10.0 Å². The van der Waals surface area contributed by atoms with Crippen LogP contribution in [0.4, 0.5) is 10.1 Å². The topological polar surface area (TPSA) is 58.2 Å². The van der Waals surface area contributed by atoms with Gasteiger partial charge in [-0.3, -0.25) is 4.72 Å². The summed E-state index contributed by atoms with van der Waals surface area (Å²) in [4.78, 5) is 0. The molecule has 0 aliphatic rings. The highest BCUT2D eigenvalue weighted by Crippen LogP contribution is 2.20. The average Bonchev–Trinajstić information content (AvgIpc) is 2.30. The number of benzene rings is 1. The first-order valence-corrected chi connectivity index (χ1v) is 7.51. The lowest BCUT2D eigenvalue weighted by Crippen LogP contribution is -2.19. The number of hydrogen-bond donors (Lipinski definition) is 2. The van der Waals surface area contributed by atoms with Crippen molar-refractivity contribution < 1.29 is 12.8 Å². The van der Waals surface area contributed by atoms with Crippen LogP contribution in [0.5, 0.6) is 0 Å². The van der Waals surface area contributed by atoms with E-state index in [9.17, 15) is 12.8 Å². The van der Waals surface area contributed by atoms with Crippen LogP contribution in [0.15, 0.2) is 18.2 Å². The Kier molecular flexibility index (Phi) is 5.55. The summed E-state index contributed by atoms with van der Waals surface area (Å²) < 4.78 is 39.3. The van der Waals surface area contributed by atoms with Gasteiger partial charge in [0.1, 0.15) is 5.82 Å². The normalized spacial score (nSPS) is 11.5. The van der Waals surface area contributed by atoms with Crippen molar-refractivity contribution in [3.63, 3.8) is 0 Å². The number of rotatable bonds is 7. The summed E-state index contributed by atoms with van der Waals surface area (Å²) in [7, 11) is -1.66. The van der Waals surface area contributed by atoms with Gasteiger partial charge in [-0.05, 0) is 45.0 Å². The predicted molar refractivity (Wildman–Crippen MR) is 71.7 cm³/mol. The van der Waals surface area contributed by atoms with Gasteiger partial charge in [-0.25, -0.2) is 12.8 Å². The second-order valence-electron chi connectivity index (χ2n) is 4.16. The molecule has 1 aromatic carbocycles. The molecule has 6 heteroatoms. The van der Waals surface area contributed by atoms with Crippen molar-refractivity contribution >= 4 is 15.7 Å². The fraction of sp³-hybridized carbons (Fsp3) is 0.500. The number of hydrogen-bond acceptors (Lipinski definition) is 3. The van der Waals surface area contributed by atoms with E-state index in [0.717, 1.165) is 13.0 Å². The van der Waals surface area contributed by atoms with Crippen molar-refractivity contribution in [2.45, 2.75) is 19.8 Å². The molecule has 0 aromatic heterocycles.